The topological polar surface area (TPSA) is 421 Å². The molecule has 32 heteroatoms. The molecule has 3 rings (SSSR count). The summed E-state index contributed by atoms with van der Waals surface area (Å²) in [4.78, 5) is 115. The Hall–Kier alpha value is -4.74. The Balaban J connectivity index is 0. The lowest BCUT2D eigenvalue weighted by Crippen LogP contribution is -2.63. The third kappa shape index (κ3) is 25.4. The minimum atomic E-state index is -1.57. The monoisotopic (exact) mass is 1150 g/mol. The normalized spacial score (nSPS) is 29.6. The van der Waals surface area contributed by atoms with Gasteiger partial charge in [0.1, 0.15) is 49.8 Å². The molecule has 3 saturated heterocycles. The van der Waals surface area contributed by atoms with Crippen molar-refractivity contribution in [2.24, 2.45) is 0 Å². The van der Waals surface area contributed by atoms with E-state index in [9.17, 15) is 47.9 Å². The summed E-state index contributed by atoms with van der Waals surface area (Å²) < 4.78 is 61.3. The van der Waals surface area contributed by atoms with Crippen LogP contribution in [0.25, 0.3) is 0 Å². The van der Waals surface area contributed by atoms with Gasteiger partial charge in [0, 0.05) is 69.2 Å². The summed E-state index contributed by atoms with van der Waals surface area (Å²) in [5.41, 5.74) is 0. The maximum absolute atomic E-state index is 11.5. The number of carbonyl (C=O) groups is 10. The smallest absolute Gasteiger partial charge is 0.342 e. The molecule has 0 aromatic rings. The summed E-state index contributed by atoms with van der Waals surface area (Å²) in [5.74, 6) is -6.92. The third-order valence-electron chi connectivity index (χ3n) is 8.19. The molecule has 30 nitrogen and oxygen atoms in total. The van der Waals surface area contributed by atoms with Gasteiger partial charge in [0.15, 0.2) is 41.8 Å². The van der Waals surface area contributed by atoms with Crippen molar-refractivity contribution < 1.29 is 146 Å². The Labute approximate surface area is 416 Å². The first-order valence-corrected chi connectivity index (χ1v) is 20.8. The predicted octanol–water partition coefficient (Wildman–Crippen LogP) is -2.59. The summed E-state index contributed by atoms with van der Waals surface area (Å²) in [7, 11) is 0. The summed E-state index contributed by atoms with van der Waals surface area (Å²) in [6.45, 7) is 10.2. The van der Waals surface area contributed by atoms with Crippen LogP contribution in [-0.2, 0) is 115 Å². The van der Waals surface area contributed by atoms with Gasteiger partial charge in [0.25, 0.3) is 0 Å². The number of ether oxygens (including phenoxy) is 12. The van der Waals surface area contributed by atoms with Crippen LogP contribution in [0.2, 0.25) is 0 Å². The molecule has 3 heterocycles. The van der Waals surface area contributed by atoms with Crippen LogP contribution >= 0.6 is 32.9 Å². The average molecular weight is 1150 g/mol. The number of aliphatic hydroxyl groups is 5. The molecule has 0 aromatic heterocycles. The van der Waals surface area contributed by atoms with E-state index in [4.69, 9.17) is 82.9 Å². The van der Waals surface area contributed by atoms with Crippen molar-refractivity contribution in [1.29, 1.82) is 0 Å². The van der Waals surface area contributed by atoms with E-state index in [-0.39, 0.29) is 23.6 Å². The number of halogens is 2. The highest BCUT2D eigenvalue weighted by Gasteiger charge is 2.54. The van der Waals surface area contributed by atoms with Gasteiger partial charge in [0.2, 0.25) is 12.4 Å². The number of hydrogen-bond donors (Lipinski definition) is 6. The Bertz CT molecular complexity index is 1730. The fourth-order valence-corrected chi connectivity index (χ4v) is 6.44. The average Bonchev–Trinajstić information content (AvgIpc) is 3.21. The summed E-state index contributed by atoms with van der Waals surface area (Å²) >= 11 is 3.18. The van der Waals surface area contributed by atoms with Crippen molar-refractivity contribution in [1.82, 2.24) is 0 Å². The van der Waals surface area contributed by atoms with Crippen molar-refractivity contribution in [3.63, 3.8) is 0 Å². The van der Waals surface area contributed by atoms with E-state index in [2.05, 4.69) is 30.6 Å². The van der Waals surface area contributed by atoms with Crippen LogP contribution in [-0.4, -0.2) is 201 Å². The molecule has 0 amide bonds. The van der Waals surface area contributed by atoms with Crippen molar-refractivity contribution in [3.05, 3.63) is 0 Å². The zero-order valence-corrected chi connectivity index (χ0v) is 42.3. The molecule has 3 aliphatic rings. The van der Waals surface area contributed by atoms with Crippen LogP contribution in [0.5, 0.6) is 0 Å². The number of rotatable bonds is 13. The van der Waals surface area contributed by atoms with E-state index in [0.29, 0.717) is 0 Å². The lowest BCUT2D eigenvalue weighted by atomic mass is 9.98. The van der Waals surface area contributed by atoms with Crippen LogP contribution in [0.3, 0.4) is 0 Å². The van der Waals surface area contributed by atoms with Gasteiger partial charge in [-0.05, 0) is 5.04 Å². The Morgan fingerprint density at radius 1 is 0.429 bits per heavy atom. The molecule has 15 atom stereocenters. The first-order valence-electron chi connectivity index (χ1n) is 19.9. The Morgan fingerprint density at radius 2 is 0.786 bits per heavy atom. The molecule has 0 spiro atoms. The van der Waals surface area contributed by atoms with Gasteiger partial charge in [-0.1, -0.05) is 15.9 Å². The Kier molecular flexibility index (Phi) is 32.5. The molecule has 0 bridgehead atoms. The number of carbonyl (C=O) groups excluding carboxylic acids is 10. The van der Waals surface area contributed by atoms with E-state index in [1.54, 1.807) is 0 Å². The zero-order chi connectivity index (χ0) is 53.5. The van der Waals surface area contributed by atoms with Gasteiger partial charge in [-0.2, -0.15) is 0 Å². The highest BCUT2D eigenvalue weighted by Crippen LogP contribution is 2.32. The molecule has 0 aromatic carbocycles. The third-order valence-corrected chi connectivity index (χ3v) is 8.92. The van der Waals surface area contributed by atoms with Crippen molar-refractivity contribution >= 4 is 92.6 Å². The quantitative estimate of drug-likeness (QED) is 0.0362. The van der Waals surface area contributed by atoms with Gasteiger partial charge in [0.05, 0.1) is 6.61 Å². The van der Waals surface area contributed by atoms with Crippen molar-refractivity contribution in [2.45, 2.75) is 160 Å². The van der Waals surface area contributed by atoms with Crippen LogP contribution in [0.15, 0.2) is 0 Å². The molecule has 0 radical (unpaired) electrons. The van der Waals surface area contributed by atoms with Gasteiger partial charge in [-0.25, -0.2) is 10.1 Å². The fourth-order valence-electron chi connectivity index (χ4n) is 5.76. The molecule has 0 aliphatic carbocycles. The molecule has 404 valence electrons. The van der Waals surface area contributed by atoms with Crippen LogP contribution in [0.1, 0.15) is 69.2 Å². The van der Waals surface area contributed by atoms with Crippen LogP contribution in [0, 0.1) is 0 Å². The molecular formula is C38H58Br2O30. The number of alkyl halides is 1. The molecule has 70 heavy (non-hydrogen) atoms. The van der Waals surface area contributed by atoms with Crippen LogP contribution in [0.4, 0.5) is 0 Å². The first kappa shape index (κ1) is 67.3. The second-order valence-corrected chi connectivity index (χ2v) is 15.0. The van der Waals surface area contributed by atoms with Gasteiger partial charge in [-0.3, -0.25) is 48.0 Å². The highest BCUT2D eigenvalue weighted by molar-refractivity contribution is 9.09. The minimum Gasteiger partial charge on any atom is -0.463 e. The highest BCUT2D eigenvalue weighted by atomic mass is 79.9. The molecule has 0 saturated carbocycles. The summed E-state index contributed by atoms with van der Waals surface area (Å²) in [6, 6.07) is 0. The maximum atomic E-state index is 11.5. The standard InChI is InChI=1S/C16H22O11.C14H19BrO9.C6H12O6.C2H4O4.BrH/c1-7(17)22-6-12-13(23-8(2)18)14(24-9(3)19)15(25-10(4)20)16(27-12)26-11(5)21;1-6(16)20-5-10-11(21-7(2)17)12(22-8(3)18)13(14(15)24-10)23-9(4)19;7-1-2-3(8)4(9)5(10)6(11)12-2;1-2(3)5-6-4;/h12-16H,6H2,1-5H3;10-14H,5H2,1-4H3;2-11H,1H2;4H,1H3;1H/t12?,13-,14-,15?,16-;10?,11-,12-,13?,14-;2?,3-,4+,5?,6?;;/m000../s1. The lowest BCUT2D eigenvalue weighted by Gasteiger charge is -2.43. The minimum absolute atomic E-state index is 0. The summed E-state index contributed by atoms with van der Waals surface area (Å²) in [5, 5.41) is 54.0. The van der Waals surface area contributed by atoms with E-state index < -0.39 is 164 Å². The molecule has 6 N–H and O–H groups in total. The number of aliphatic hydroxyl groups excluding tert-OH is 5. The second kappa shape index (κ2) is 33.8. The Morgan fingerprint density at radius 3 is 1.13 bits per heavy atom. The number of hydrogen-bond acceptors (Lipinski definition) is 30. The van der Waals surface area contributed by atoms with E-state index in [1.165, 1.54) is 13.8 Å². The van der Waals surface area contributed by atoms with Crippen molar-refractivity contribution in [3.8, 4) is 0 Å². The number of esters is 9. The van der Waals surface area contributed by atoms with Gasteiger partial charge in [-0.15, -0.1) is 17.0 Å². The van der Waals surface area contributed by atoms with Crippen molar-refractivity contribution in [2.75, 3.05) is 19.8 Å². The van der Waals surface area contributed by atoms with E-state index in [0.717, 1.165) is 55.4 Å². The van der Waals surface area contributed by atoms with Crippen LogP contribution < -0.4 is 0 Å². The van der Waals surface area contributed by atoms with E-state index >= 15 is 0 Å². The van der Waals surface area contributed by atoms with E-state index in [1.807, 2.05) is 0 Å². The summed E-state index contributed by atoms with van der Waals surface area (Å²) in [6.07, 6.45) is -18.0. The fraction of sp³-hybridized carbons (Fsp3) is 0.737. The SMILES string of the molecule is Br.CC(=O)OCC1O[C@H](Br)C(OC(C)=O)[C@@H](OC(C)=O)[C@H]1OC(C)=O.CC(=O)OCC1O[C@H](OC(C)=O)C(OC(C)=O)[C@@H](OC(C)=O)[C@H]1OC(C)=O.CC(=O)OOO.OCC1OC(O)C(O)[C@H](O)[C@H]1O. The van der Waals surface area contributed by atoms with Gasteiger partial charge >= 0.3 is 59.7 Å². The molecule has 7 unspecified atom stereocenters. The molecular weight excluding hydrogens is 1100 g/mol. The second-order valence-electron chi connectivity index (χ2n) is 14.1. The predicted molar refractivity (Wildman–Crippen MR) is 226 cm³/mol. The van der Waals surface area contributed by atoms with Gasteiger partial charge < -0.3 is 82.4 Å². The molecule has 3 aliphatic heterocycles. The lowest BCUT2D eigenvalue weighted by molar-refractivity contribution is -0.461. The first-order chi connectivity index (χ1) is 32.0. The zero-order valence-electron chi connectivity index (χ0n) is 39.0. The molecule has 3 fully saturated rings. The maximum Gasteiger partial charge on any atom is 0.342 e. The largest absolute Gasteiger partial charge is 0.463 e.